The van der Waals surface area contributed by atoms with Gasteiger partial charge in [-0.15, -0.1) is 0 Å². The van der Waals surface area contributed by atoms with E-state index in [0.29, 0.717) is 37.3 Å². The molecular formula is C18H22BO6. The minimum atomic E-state index is -0.0595. The first-order valence-corrected chi connectivity index (χ1v) is 7.89. The van der Waals surface area contributed by atoms with Gasteiger partial charge in [0.15, 0.2) is 24.0 Å². The summed E-state index contributed by atoms with van der Waals surface area (Å²) in [6.45, 7) is 4.24. The van der Waals surface area contributed by atoms with E-state index in [1.165, 1.54) is 7.11 Å². The Labute approximate surface area is 148 Å². The SMILES string of the molecule is COCOc1cc(OCc2ccccc2)c(OC(C)C)cc1O[B]O. The van der Waals surface area contributed by atoms with Crippen LogP contribution in [-0.4, -0.2) is 32.7 Å². The van der Waals surface area contributed by atoms with Crippen molar-refractivity contribution in [3.05, 3.63) is 48.0 Å². The van der Waals surface area contributed by atoms with Crippen molar-refractivity contribution in [1.82, 2.24) is 0 Å². The quantitative estimate of drug-likeness (QED) is 0.528. The third-order valence-electron chi connectivity index (χ3n) is 3.12. The molecule has 1 radical (unpaired) electrons. The molecule has 6 nitrogen and oxygen atoms in total. The molecule has 2 aromatic carbocycles. The molecule has 0 aliphatic heterocycles. The van der Waals surface area contributed by atoms with E-state index in [1.54, 1.807) is 12.1 Å². The molecule has 7 heteroatoms. The Balaban J connectivity index is 2.28. The van der Waals surface area contributed by atoms with Crippen LogP contribution in [0.3, 0.4) is 0 Å². The summed E-state index contributed by atoms with van der Waals surface area (Å²) >= 11 is 0. The summed E-state index contributed by atoms with van der Waals surface area (Å²) in [5.41, 5.74) is 1.03. The first kappa shape index (κ1) is 19.0. The molecule has 0 aliphatic rings. The van der Waals surface area contributed by atoms with Gasteiger partial charge in [0.25, 0.3) is 0 Å². The molecule has 133 valence electrons. The lowest BCUT2D eigenvalue weighted by Gasteiger charge is -2.19. The van der Waals surface area contributed by atoms with Crippen LogP contribution in [0.15, 0.2) is 42.5 Å². The van der Waals surface area contributed by atoms with Gasteiger partial charge in [-0.2, -0.15) is 0 Å². The number of benzene rings is 2. The maximum atomic E-state index is 8.96. The molecule has 0 atom stereocenters. The highest BCUT2D eigenvalue weighted by Crippen LogP contribution is 2.40. The summed E-state index contributed by atoms with van der Waals surface area (Å²) in [5, 5.41) is 8.96. The molecule has 2 aromatic rings. The van der Waals surface area contributed by atoms with E-state index >= 15 is 0 Å². The van der Waals surface area contributed by atoms with Crippen LogP contribution in [0, 0.1) is 0 Å². The van der Waals surface area contributed by atoms with Crippen LogP contribution in [0.2, 0.25) is 0 Å². The molecule has 0 amide bonds. The van der Waals surface area contributed by atoms with Gasteiger partial charge in [-0.3, -0.25) is 0 Å². The predicted octanol–water partition coefficient (Wildman–Crippen LogP) is 2.94. The zero-order chi connectivity index (χ0) is 18.1. The first-order chi connectivity index (χ1) is 12.1. The van der Waals surface area contributed by atoms with Gasteiger partial charge >= 0.3 is 7.69 Å². The highest BCUT2D eigenvalue weighted by Gasteiger charge is 2.16. The summed E-state index contributed by atoms with van der Waals surface area (Å²) in [7, 11) is 2.10. The Bertz CT molecular complexity index is 648. The first-order valence-electron chi connectivity index (χ1n) is 7.89. The van der Waals surface area contributed by atoms with Crippen LogP contribution < -0.4 is 18.9 Å². The average molecular weight is 345 g/mol. The van der Waals surface area contributed by atoms with Crippen LogP contribution in [0.5, 0.6) is 23.0 Å². The zero-order valence-electron chi connectivity index (χ0n) is 14.6. The van der Waals surface area contributed by atoms with E-state index in [-0.39, 0.29) is 12.9 Å². The molecule has 25 heavy (non-hydrogen) atoms. The van der Waals surface area contributed by atoms with E-state index in [0.717, 1.165) is 5.56 Å². The van der Waals surface area contributed by atoms with Crippen LogP contribution in [0.4, 0.5) is 0 Å². The summed E-state index contributed by atoms with van der Waals surface area (Å²) in [6, 6.07) is 13.1. The number of rotatable bonds is 10. The normalized spacial score (nSPS) is 10.4. The van der Waals surface area contributed by atoms with Crippen LogP contribution >= 0.6 is 0 Å². The van der Waals surface area contributed by atoms with Crippen molar-refractivity contribution >= 4 is 7.69 Å². The van der Waals surface area contributed by atoms with E-state index in [2.05, 4.69) is 0 Å². The lowest BCUT2D eigenvalue weighted by atomic mass is 10.2. The Kier molecular flexibility index (Phi) is 7.44. The summed E-state index contributed by atoms with van der Waals surface area (Å²) in [4.78, 5) is 0. The fraction of sp³-hybridized carbons (Fsp3) is 0.333. The minimum absolute atomic E-state index is 0.0320. The molecule has 0 aliphatic carbocycles. The van der Waals surface area contributed by atoms with Crippen LogP contribution in [0.1, 0.15) is 19.4 Å². The molecule has 0 heterocycles. The molecule has 0 spiro atoms. The topological polar surface area (TPSA) is 66.4 Å². The number of hydrogen-bond acceptors (Lipinski definition) is 6. The van der Waals surface area contributed by atoms with Crippen molar-refractivity contribution in [2.24, 2.45) is 0 Å². The third kappa shape index (κ3) is 5.88. The second-order valence-corrected chi connectivity index (χ2v) is 5.46. The third-order valence-corrected chi connectivity index (χ3v) is 3.12. The smallest absolute Gasteiger partial charge is 0.535 e. The molecule has 0 saturated carbocycles. The molecule has 0 saturated heterocycles. The van der Waals surface area contributed by atoms with Crippen molar-refractivity contribution in [3.63, 3.8) is 0 Å². The lowest BCUT2D eigenvalue weighted by Crippen LogP contribution is -2.10. The maximum absolute atomic E-state index is 8.96. The van der Waals surface area contributed by atoms with Gasteiger partial charge in [0, 0.05) is 19.2 Å². The van der Waals surface area contributed by atoms with Gasteiger partial charge in [0.2, 0.25) is 0 Å². The van der Waals surface area contributed by atoms with Gasteiger partial charge in [-0.1, -0.05) is 30.3 Å². The second kappa shape index (κ2) is 9.81. The van der Waals surface area contributed by atoms with Gasteiger partial charge in [0.1, 0.15) is 12.4 Å². The van der Waals surface area contributed by atoms with Crippen molar-refractivity contribution in [1.29, 1.82) is 0 Å². The highest BCUT2D eigenvalue weighted by atomic mass is 16.7. The van der Waals surface area contributed by atoms with Gasteiger partial charge in [-0.25, -0.2) is 0 Å². The van der Waals surface area contributed by atoms with Gasteiger partial charge in [-0.05, 0) is 19.4 Å². The number of hydrogen-bond donors (Lipinski definition) is 1. The van der Waals surface area contributed by atoms with Crippen molar-refractivity contribution in [3.8, 4) is 23.0 Å². The maximum Gasteiger partial charge on any atom is 0.569 e. The number of ether oxygens (including phenoxy) is 4. The van der Waals surface area contributed by atoms with E-state index < -0.39 is 0 Å². The molecular weight excluding hydrogens is 323 g/mol. The molecule has 0 aromatic heterocycles. The Morgan fingerprint density at radius 1 is 0.960 bits per heavy atom. The molecule has 1 N–H and O–H groups in total. The number of methoxy groups -OCH3 is 1. The summed E-state index contributed by atoms with van der Waals surface area (Å²) < 4.78 is 27.2. The van der Waals surface area contributed by atoms with Crippen molar-refractivity contribution in [2.75, 3.05) is 13.9 Å². The highest BCUT2D eigenvalue weighted by molar-refractivity contribution is 6.17. The van der Waals surface area contributed by atoms with Crippen molar-refractivity contribution in [2.45, 2.75) is 26.6 Å². The summed E-state index contributed by atoms with van der Waals surface area (Å²) in [6.07, 6.45) is -0.0595. The fourth-order valence-electron chi connectivity index (χ4n) is 2.10. The average Bonchev–Trinajstić information content (AvgIpc) is 2.60. The Hall–Kier alpha value is -2.38. The second-order valence-electron chi connectivity index (χ2n) is 5.46. The van der Waals surface area contributed by atoms with Crippen molar-refractivity contribution < 1.29 is 28.6 Å². The standard InChI is InChI=1S/C18H22BO6/c1-13(2)24-17-10-18(25-19-20)16(23-12-21-3)9-15(17)22-11-14-7-5-4-6-8-14/h4-10,13,20H,11-12H2,1-3H3. The summed E-state index contributed by atoms with van der Waals surface area (Å²) in [5.74, 6) is 1.66. The monoisotopic (exact) mass is 345 g/mol. The zero-order valence-corrected chi connectivity index (χ0v) is 14.6. The lowest BCUT2D eigenvalue weighted by molar-refractivity contribution is 0.0494. The molecule has 0 fully saturated rings. The van der Waals surface area contributed by atoms with Gasteiger partial charge < -0.3 is 28.6 Å². The Morgan fingerprint density at radius 3 is 2.28 bits per heavy atom. The van der Waals surface area contributed by atoms with E-state index in [9.17, 15) is 0 Å². The van der Waals surface area contributed by atoms with E-state index in [1.807, 2.05) is 44.2 Å². The minimum Gasteiger partial charge on any atom is -0.535 e. The molecule has 2 rings (SSSR count). The molecule has 0 unspecified atom stereocenters. The Morgan fingerprint density at radius 2 is 1.64 bits per heavy atom. The van der Waals surface area contributed by atoms with Crippen LogP contribution in [0.25, 0.3) is 0 Å². The molecule has 0 bridgehead atoms. The largest absolute Gasteiger partial charge is 0.569 e. The fourth-order valence-corrected chi connectivity index (χ4v) is 2.10. The van der Waals surface area contributed by atoms with E-state index in [4.69, 9.17) is 28.6 Å². The predicted molar refractivity (Wildman–Crippen MR) is 94.1 cm³/mol. The van der Waals surface area contributed by atoms with Crippen LogP contribution in [-0.2, 0) is 11.3 Å². The van der Waals surface area contributed by atoms with Gasteiger partial charge in [0.05, 0.1) is 6.10 Å².